The Labute approximate surface area is 146 Å². The van der Waals surface area contributed by atoms with Crippen molar-refractivity contribution in [1.29, 1.82) is 0 Å². The molecule has 0 amide bonds. The minimum Gasteiger partial charge on any atom is -0.532 e. The standard InChI is InChI=1S/C22H23OSi/c1-22(2,3)20-16-10-11-17-21(20)23-24(18-12-6-4-7-13-18)19-14-8-5-9-15-19/h4-17H,1-3H3. The Bertz CT molecular complexity index is 736. The molecule has 0 aliphatic rings. The van der Waals surface area contributed by atoms with E-state index in [4.69, 9.17) is 4.43 Å². The monoisotopic (exact) mass is 331 g/mol. The van der Waals surface area contributed by atoms with Crippen LogP contribution in [0.5, 0.6) is 5.75 Å². The molecule has 0 fully saturated rings. The van der Waals surface area contributed by atoms with Crippen LogP contribution in [-0.4, -0.2) is 9.04 Å². The maximum absolute atomic E-state index is 6.65. The van der Waals surface area contributed by atoms with Gasteiger partial charge in [-0.05, 0) is 27.4 Å². The summed E-state index contributed by atoms with van der Waals surface area (Å²) in [5.74, 6) is 0.992. The first kappa shape index (κ1) is 16.5. The Morgan fingerprint density at radius 1 is 0.625 bits per heavy atom. The molecule has 0 spiro atoms. The molecular weight excluding hydrogens is 308 g/mol. The second-order valence-electron chi connectivity index (χ2n) is 6.91. The fourth-order valence-corrected chi connectivity index (χ4v) is 4.71. The largest absolute Gasteiger partial charge is 0.532 e. The van der Waals surface area contributed by atoms with Crippen LogP contribution in [0.25, 0.3) is 0 Å². The Morgan fingerprint density at radius 3 is 1.58 bits per heavy atom. The quantitative estimate of drug-likeness (QED) is 0.652. The van der Waals surface area contributed by atoms with Gasteiger partial charge in [-0.25, -0.2) is 0 Å². The topological polar surface area (TPSA) is 9.23 Å². The first-order valence-electron chi connectivity index (χ1n) is 8.31. The van der Waals surface area contributed by atoms with Gasteiger partial charge in [-0.15, -0.1) is 0 Å². The van der Waals surface area contributed by atoms with Crippen molar-refractivity contribution in [2.45, 2.75) is 26.2 Å². The highest BCUT2D eigenvalue weighted by Gasteiger charge is 2.25. The Hall–Kier alpha value is -2.32. The van der Waals surface area contributed by atoms with Crippen LogP contribution in [-0.2, 0) is 5.41 Å². The highest BCUT2D eigenvalue weighted by molar-refractivity contribution is 6.80. The van der Waals surface area contributed by atoms with Crippen molar-refractivity contribution >= 4 is 19.4 Å². The van der Waals surface area contributed by atoms with Gasteiger partial charge in [-0.2, -0.15) is 0 Å². The second kappa shape index (κ2) is 7.06. The number of benzene rings is 3. The molecule has 0 aliphatic heterocycles. The van der Waals surface area contributed by atoms with Crippen molar-refractivity contribution in [3.8, 4) is 5.75 Å². The predicted molar refractivity (Wildman–Crippen MR) is 104 cm³/mol. The van der Waals surface area contributed by atoms with E-state index in [9.17, 15) is 0 Å². The summed E-state index contributed by atoms with van der Waals surface area (Å²) in [4.78, 5) is 0. The van der Waals surface area contributed by atoms with E-state index >= 15 is 0 Å². The lowest BCUT2D eigenvalue weighted by Crippen LogP contribution is -2.47. The van der Waals surface area contributed by atoms with Gasteiger partial charge < -0.3 is 4.43 Å². The summed E-state index contributed by atoms with van der Waals surface area (Å²) in [7, 11) is -1.33. The van der Waals surface area contributed by atoms with Crippen LogP contribution in [0, 0.1) is 0 Å². The average Bonchev–Trinajstić information content (AvgIpc) is 2.61. The molecule has 3 aromatic carbocycles. The second-order valence-corrected chi connectivity index (χ2v) is 8.93. The summed E-state index contributed by atoms with van der Waals surface area (Å²) in [6, 6.07) is 29.5. The summed E-state index contributed by atoms with van der Waals surface area (Å²) >= 11 is 0. The van der Waals surface area contributed by atoms with Gasteiger partial charge >= 0.3 is 9.04 Å². The maximum Gasteiger partial charge on any atom is 0.352 e. The molecule has 3 aromatic rings. The third-order valence-electron chi connectivity index (χ3n) is 3.98. The Morgan fingerprint density at radius 2 is 1.08 bits per heavy atom. The lowest BCUT2D eigenvalue weighted by molar-refractivity contribution is 0.525. The fourth-order valence-electron chi connectivity index (χ4n) is 2.75. The molecule has 1 nitrogen and oxygen atoms in total. The fraction of sp³-hybridized carbons (Fsp3) is 0.182. The maximum atomic E-state index is 6.65. The Balaban J connectivity index is 2.03. The van der Waals surface area contributed by atoms with Crippen LogP contribution in [0.2, 0.25) is 0 Å². The molecule has 1 radical (unpaired) electrons. The van der Waals surface area contributed by atoms with E-state index in [1.165, 1.54) is 15.9 Å². The summed E-state index contributed by atoms with van der Waals surface area (Å²) in [5, 5.41) is 2.52. The zero-order chi connectivity index (χ0) is 17.0. The zero-order valence-electron chi connectivity index (χ0n) is 14.5. The highest BCUT2D eigenvalue weighted by atomic mass is 28.3. The lowest BCUT2D eigenvalue weighted by Gasteiger charge is -2.25. The van der Waals surface area contributed by atoms with Crippen LogP contribution in [0.4, 0.5) is 0 Å². The van der Waals surface area contributed by atoms with E-state index in [0.717, 1.165) is 5.75 Å². The predicted octanol–water partition coefficient (Wildman–Crippen LogP) is 4.17. The molecule has 2 heteroatoms. The third kappa shape index (κ3) is 3.77. The first-order valence-corrected chi connectivity index (χ1v) is 9.72. The van der Waals surface area contributed by atoms with E-state index in [1.807, 2.05) is 0 Å². The van der Waals surface area contributed by atoms with E-state index in [1.54, 1.807) is 0 Å². The van der Waals surface area contributed by atoms with Gasteiger partial charge in [-0.3, -0.25) is 0 Å². The smallest absolute Gasteiger partial charge is 0.352 e. The summed E-state index contributed by atoms with van der Waals surface area (Å²) < 4.78 is 6.65. The average molecular weight is 332 g/mol. The molecule has 0 saturated heterocycles. The normalized spacial score (nSPS) is 11.5. The molecule has 0 heterocycles. The summed E-state index contributed by atoms with van der Waals surface area (Å²) in [6.45, 7) is 6.69. The van der Waals surface area contributed by atoms with Gasteiger partial charge in [0.05, 0.1) is 0 Å². The number of para-hydroxylation sites is 1. The number of hydrogen-bond acceptors (Lipinski definition) is 1. The van der Waals surface area contributed by atoms with Crippen molar-refractivity contribution in [3.63, 3.8) is 0 Å². The molecule has 0 aromatic heterocycles. The van der Waals surface area contributed by atoms with Gasteiger partial charge in [0.25, 0.3) is 0 Å². The molecular formula is C22H23OSi. The van der Waals surface area contributed by atoms with Gasteiger partial charge in [0.1, 0.15) is 5.75 Å². The minimum atomic E-state index is -1.33. The van der Waals surface area contributed by atoms with Crippen molar-refractivity contribution < 1.29 is 4.43 Å². The number of hydrogen-bond donors (Lipinski definition) is 0. The zero-order valence-corrected chi connectivity index (χ0v) is 15.5. The molecule has 0 saturated carbocycles. The molecule has 0 N–H and O–H groups in total. The Kier molecular flexibility index (Phi) is 4.86. The van der Waals surface area contributed by atoms with Crippen molar-refractivity contribution in [3.05, 3.63) is 90.5 Å². The minimum absolute atomic E-state index is 0.0525. The summed E-state index contributed by atoms with van der Waals surface area (Å²) in [5.41, 5.74) is 1.30. The first-order chi connectivity index (χ1) is 11.6. The summed E-state index contributed by atoms with van der Waals surface area (Å²) in [6.07, 6.45) is 0. The van der Waals surface area contributed by atoms with Crippen LogP contribution < -0.4 is 14.8 Å². The van der Waals surface area contributed by atoms with Crippen LogP contribution in [0.15, 0.2) is 84.9 Å². The molecule has 3 rings (SSSR count). The third-order valence-corrected chi connectivity index (χ3v) is 6.12. The van der Waals surface area contributed by atoms with Crippen LogP contribution in [0.1, 0.15) is 26.3 Å². The van der Waals surface area contributed by atoms with E-state index in [2.05, 4.69) is 106 Å². The van der Waals surface area contributed by atoms with Crippen molar-refractivity contribution in [2.24, 2.45) is 0 Å². The van der Waals surface area contributed by atoms with E-state index < -0.39 is 9.04 Å². The molecule has 24 heavy (non-hydrogen) atoms. The van der Waals surface area contributed by atoms with Crippen LogP contribution in [0.3, 0.4) is 0 Å². The van der Waals surface area contributed by atoms with Crippen molar-refractivity contribution in [1.82, 2.24) is 0 Å². The van der Waals surface area contributed by atoms with Crippen LogP contribution >= 0.6 is 0 Å². The van der Waals surface area contributed by atoms with Gasteiger partial charge in [-0.1, -0.05) is 99.6 Å². The molecule has 0 unspecified atom stereocenters. The van der Waals surface area contributed by atoms with Gasteiger partial charge in [0.15, 0.2) is 0 Å². The lowest BCUT2D eigenvalue weighted by atomic mass is 9.86. The van der Waals surface area contributed by atoms with E-state index in [0.29, 0.717) is 0 Å². The molecule has 121 valence electrons. The highest BCUT2D eigenvalue weighted by Crippen LogP contribution is 2.31. The molecule has 0 aliphatic carbocycles. The SMILES string of the molecule is CC(C)(C)c1ccccc1O[Si](c1ccccc1)c1ccccc1. The van der Waals surface area contributed by atoms with Gasteiger partial charge in [0.2, 0.25) is 0 Å². The van der Waals surface area contributed by atoms with Crippen molar-refractivity contribution in [2.75, 3.05) is 0 Å². The van der Waals surface area contributed by atoms with E-state index in [-0.39, 0.29) is 5.41 Å². The van der Waals surface area contributed by atoms with Gasteiger partial charge in [0, 0.05) is 0 Å². The number of rotatable bonds is 4. The molecule has 0 bridgehead atoms. The molecule has 0 atom stereocenters.